The van der Waals surface area contributed by atoms with Crippen molar-refractivity contribution in [2.75, 3.05) is 54.4 Å². The van der Waals surface area contributed by atoms with E-state index in [1.807, 2.05) is 42.5 Å². The minimum atomic E-state index is -0.331. The van der Waals surface area contributed by atoms with Gasteiger partial charge in [-0.15, -0.1) is 0 Å². The number of nitrogens with zero attached hydrogens (tertiary/aromatic N) is 3. The lowest BCUT2D eigenvalue weighted by Gasteiger charge is -2.36. The number of carbonyl (C=O) groups is 2. The van der Waals surface area contributed by atoms with E-state index >= 15 is 0 Å². The Morgan fingerprint density at radius 2 is 1.68 bits per heavy atom. The smallest absolute Gasteiger partial charge is 0.229 e. The predicted molar refractivity (Wildman–Crippen MR) is 123 cm³/mol. The van der Waals surface area contributed by atoms with Crippen molar-refractivity contribution in [3.05, 3.63) is 54.6 Å². The van der Waals surface area contributed by atoms with E-state index in [0.29, 0.717) is 6.54 Å². The average molecular weight is 419 g/mol. The van der Waals surface area contributed by atoms with Crippen molar-refractivity contribution in [1.29, 1.82) is 0 Å². The Morgan fingerprint density at radius 3 is 2.42 bits per heavy atom. The molecule has 2 aliphatic heterocycles. The van der Waals surface area contributed by atoms with Crippen LogP contribution in [0.1, 0.15) is 19.3 Å². The minimum absolute atomic E-state index is 0.00386. The molecule has 0 radical (unpaired) electrons. The second-order valence-electron chi connectivity index (χ2n) is 9.01. The molecular formula is C25H30N4O2. The van der Waals surface area contributed by atoms with Crippen LogP contribution >= 0.6 is 0 Å². The number of nitrogens with one attached hydrogen (secondary N) is 1. The Hall–Kier alpha value is -2.86. The molecule has 3 aliphatic rings. The third-order valence-electron chi connectivity index (χ3n) is 6.63. The highest BCUT2D eigenvalue weighted by Gasteiger charge is 2.35. The molecule has 1 saturated carbocycles. The van der Waals surface area contributed by atoms with E-state index in [0.717, 1.165) is 49.2 Å². The van der Waals surface area contributed by atoms with E-state index in [9.17, 15) is 9.59 Å². The zero-order chi connectivity index (χ0) is 21.2. The zero-order valence-electron chi connectivity index (χ0n) is 17.9. The number of carbonyl (C=O) groups excluding carboxylic acids is 2. The van der Waals surface area contributed by atoms with Crippen LogP contribution in [0.4, 0.5) is 17.1 Å². The number of rotatable bonds is 6. The fourth-order valence-electron chi connectivity index (χ4n) is 4.62. The van der Waals surface area contributed by atoms with Gasteiger partial charge in [-0.25, -0.2) is 0 Å². The summed E-state index contributed by atoms with van der Waals surface area (Å²) in [5, 5.41) is 3.04. The number of hydrogen-bond donors (Lipinski definition) is 1. The van der Waals surface area contributed by atoms with Gasteiger partial charge in [-0.05, 0) is 49.1 Å². The van der Waals surface area contributed by atoms with E-state index in [1.165, 1.54) is 19.4 Å². The molecule has 2 aromatic rings. The summed E-state index contributed by atoms with van der Waals surface area (Å²) in [5.74, 6) is 0.523. The number of anilines is 3. The van der Waals surface area contributed by atoms with Crippen LogP contribution < -0.4 is 15.1 Å². The first kappa shape index (κ1) is 20.1. The van der Waals surface area contributed by atoms with Crippen molar-refractivity contribution in [1.82, 2.24) is 4.90 Å². The third kappa shape index (κ3) is 4.74. The first-order valence-corrected chi connectivity index (χ1v) is 11.4. The first-order chi connectivity index (χ1) is 15.2. The number of piperazine rings is 1. The molecule has 0 aromatic heterocycles. The van der Waals surface area contributed by atoms with Crippen LogP contribution in [0.15, 0.2) is 54.6 Å². The molecule has 2 aromatic carbocycles. The van der Waals surface area contributed by atoms with E-state index < -0.39 is 0 Å². The van der Waals surface area contributed by atoms with Crippen molar-refractivity contribution < 1.29 is 9.59 Å². The lowest BCUT2D eigenvalue weighted by Crippen LogP contribution is -2.47. The van der Waals surface area contributed by atoms with Crippen LogP contribution in [0, 0.1) is 11.8 Å². The van der Waals surface area contributed by atoms with E-state index in [4.69, 9.17) is 0 Å². The summed E-state index contributed by atoms with van der Waals surface area (Å²) in [7, 11) is 0. The molecule has 2 saturated heterocycles. The molecule has 0 bridgehead atoms. The third-order valence-corrected chi connectivity index (χ3v) is 6.63. The van der Waals surface area contributed by atoms with Crippen LogP contribution in [0.5, 0.6) is 0 Å². The number of amides is 2. The van der Waals surface area contributed by atoms with Gasteiger partial charge >= 0.3 is 0 Å². The Balaban J connectivity index is 1.18. The lowest BCUT2D eigenvalue weighted by atomic mass is 10.1. The maximum absolute atomic E-state index is 12.9. The number of benzene rings is 2. The van der Waals surface area contributed by atoms with Gasteiger partial charge in [0.05, 0.1) is 5.92 Å². The summed E-state index contributed by atoms with van der Waals surface area (Å²) < 4.78 is 0. The molecule has 1 atom stereocenters. The molecule has 1 N–H and O–H groups in total. The molecule has 3 fully saturated rings. The highest BCUT2D eigenvalue weighted by atomic mass is 16.2. The molecule has 6 nitrogen and oxygen atoms in total. The quantitative estimate of drug-likeness (QED) is 0.783. The molecule has 5 rings (SSSR count). The Bertz CT molecular complexity index is 936. The molecule has 6 heteroatoms. The molecule has 2 amide bonds. The standard InChI is InChI=1S/C25H30N4O2/c30-24-15-20(18-29(24)22-6-2-1-3-7-22)25(31)26-21-5-4-8-23(16-21)28-13-11-27(12-14-28)17-19-9-10-19/h1-8,16,19-20H,9-15,17-18H2,(H,26,31)/t20-/m1/s1. The van der Waals surface area contributed by atoms with Gasteiger partial charge in [0.2, 0.25) is 11.8 Å². The highest BCUT2D eigenvalue weighted by Crippen LogP contribution is 2.30. The molecule has 1 aliphatic carbocycles. The minimum Gasteiger partial charge on any atom is -0.369 e. The largest absolute Gasteiger partial charge is 0.369 e. The molecule has 31 heavy (non-hydrogen) atoms. The predicted octanol–water partition coefficient (Wildman–Crippen LogP) is 3.21. The van der Waals surface area contributed by atoms with Gasteiger partial charge in [-0.2, -0.15) is 0 Å². The topological polar surface area (TPSA) is 55.9 Å². The SMILES string of the molecule is O=C(Nc1cccc(N2CCN(CC3CC3)CC2)c1)[C@@H]1CC(=O)N(c2ccccc2)C1. The van der Waals surface area contributed by atoms with Crippen LogP contribution in [0.2, 0.25) is 0 Å². The van der Waals surface area contributed by atoms with Crippen molar-refractivity contribution in [3.8, 4) is 0 Å². The van der Waals surface area contributed by atoms with Crippen molar-refractivity contribution in [2.45, 2.75) is 19.3 Å². The van der Waals surface area contributed by atoms with Gasteiger partial charge < -0.3 is 15.1 Å². The fourth-order valence-corrected chi connectivity index (χ4v) is 4.62. The Kier molecular flexibility index (Phi) is 5.64. The maximum Gasteiger partial charge on any atom is 0.229 e. The number of para-hydroxylation sites is 1. The Labute approximate surface area is 183 Å². The second-order valence-corrected chi connectivity index (χ2v) is 9.01. The van der Waals surface area contributed by atoms with Gasteiger partial charge in [0.25, 0.3) is 0 Å². The maximum atomic E-state index is 12.9. The van der Waals surface area contributed by atoms with Gasteiger partial charge in [-0.3, -0.25) is 14.5 Å². The van der Waals surface area contributed by atoms with Gasteiger partial charge in [-0.1, -0.05) is 24.3 Å². The summed E-state index contributed by atoms with van der Waals surface area (Å²) >= 11 is 0. The van der Waals surface area contributed by atoms with E-state index in [-0.39, 0.29) is 24.2 Å². The molecule has 0 spiro atoms. The summed E-state index contributed by atoms with van der Waals surface area (Å²) in [6.45, 7) is 5.93. The molecular weight excluding hydrogens is 388 g/mol. The normalized spacial score (nSPS) is 22.1. The van der Waals surface area contributed by atoms with Crippen LogP contribution in [0.3, 0.4) is 0 Å². The lowest BCUT2D eigenvalue weighted by molar-refractivity contribution is -0.122. The second kappa shape index (κ2) is 8.71. The van der Waals surface area contributed by atoms with Crippen LogP contribution in [-0.2, 0) is 9.59 Å². The van der Waals surface area contributed by atoms with Crippen molar-refractivity contribution >= 4 is 28.9 Å². The zero-order valence-corrected chi connectivity index (χ0v) is 17.9. The highest BCUT2D eigenvalue weighted by molar-refractivity contribution is 6.03. The fraction of sp³-hybridized carbons (Fsp3) is 0.440. The van der Waals surface area contributed by atoms with Gasteiger partial charge in [0.15, 0.2) is 0 Å². The summed E-state index contributed by atoms with van der Waals surface area (Å²) in [4.78, 5) is 32.0. The summed E-state index contributed by atoms with van der Waals surface area (Å²) in [6.07, 6.45) is 3.05. The summed E-state index contributed by atoms with van der Waals surface area (Å²) in [6, 6.07) is 17.7. The Morgan fingerprint density at radius 1 is 0.935 bits per heavy atom. The van der Waals surface area contributed by atoms with Crippen LogP contribution in [0.25, 0.3) is 0 Å². The molecule has 2 heterocycles. The number of hydrogen-bond acceptors (Lipinski definition) is 4. The van der Waals surface area contributed by atoms with E-state index in [1.54, 1.807) is 4.90 Å². The van der Waals surface area contributed by atoms with Crippen LogP contribution in [-0.4, -0.2) is 56.0 Å². The van der Waals surface area contributed by atoms with Gasteiger partial charge in [0, 0.05) is 62.8 Å². The monoisotopic (exact) mass is 418 g/mol. The van der Waals surface area contributed by atoms with Gasteiger partial charge in [0.1, 0.15) is 0 Å². The molecule has 0 unspecified atom stereocenters. The average Bonchev–Trinajstić information content (AvgIpc) is 3.53. The van der Waals surface area contributed by atoms with Crippen molar-refractivity contribution in [2.24, 2.45) is 11.8 Å². The van der Waals surface area contributed by atoms with Crippen molar-refractivity contribution in [3.63, 3.8) is 0 Å². The molecule has 162 valence electrons. The first-order valence-electron chi connectivity index (χ1n) is 11.4. The van der Waals surface area contributed by atoms with E-state index in [2.05, 4.69) is 27.2 Å². The summed E-state index contributed by atoms with van der Waals surface area (Å²) in [5.41, 5.74) is 2.80.